The van der Waals surface area contributed by atoms with E-state index in [1.54, 1.807) is 17.7 Å². The van der Waals surface area contributed by atoms with E-state index in [9.17, 15) is 4.79 Å². The topological polar surface area (TPSA) is 47.8 Å². The van der Waals surface area contributed by atoms with Gasteiger partial charge in [0.2, 0.25) is 0 Å². The molecule has 0 aliphatic rings. The van der Waals surface area contributed by atoms with Crippen molar-refractivity contribution in [1.82, 2.24) is 14.5 Å². The molecule has 1 aromatic carbocycles. The highest BCUT2D eigenvalue weighted by Crippen LogP contribution is 2.19. The minimum Gasteiger partial charge on any atom is -0.300 e. The highest BCUT2D eigenvalue weighted by molar-refractivity contribution is 7.15. The summed E-state index contributed by atoms with van der Waals surface area (Å²) >= 11 is 7.20. The second kappa shape index (κ2) is 4.75. The van der Waals surface area contributed by atoms with E-state index in [0.29, 0.717) is 16.7 Å². The van der Waals surface area contributed by atoms with Crippen molar-refractivity contribution in [1.29, 1.82) is 0 Å². The third-order valence-corrected chi connectivity index (χ3v) is 3.95. The van der Waals surface area contributed by atoms with E-state index in [2.05, 4.69) is 9.97 Å². The number of nitrogens with zero attached hydrogens (tertiary/aromatic N) is 3. The van der Waals surface area contributed by atoms with Crippen LogP contribution in [0.2, 0.25) is 4.47 Å². The Labute approximate surface area is 118 Å². The van der Waals surface area contributed by atoms with Gasteiger partial charge in [-0.2, -0.15) is 0 Å². The smallest absolute Gasteiger partial charge is 0.272 e. The molecule has 0 unspecified atom stereocenters. The minimum absolute atomic E-state index is 0.0803. The van der Waals surface area contributed by atoms with Gasteiger partial charge in [0.25, 0.3) is 5.56 Å². The van der Waals surface area contributed by atoms with Crippen LogP contribution in [0, 0.1) is 6.92 Å². The standard InChI is InChI=1S/C13H10ClN3OS/c1-8-12(18)17(7-9-6-15-13(14)19-9)11-5-3-2-4-10(11)16-8/h2-6H,7H2,1H3. The number of thiazole rings is 1. The van der Waals surface area contributed by atoms with E-state index in [4.69, 9.17) is 11.6 Å². The molecular formula is C13H10ClN3OS. The van der Waals surface area contributed by atoms with E-state index >= 15 is 0 Å². The summed E-state index contributed by atoms with van der Waals surface area (Å²) < 4.78 is 2.19. The summed E-state index contributed by atoms with van der Waals surface area (Å²) in [6.45, 7) is 2.19. The molecule has 6 heteroatoms. The van der Waals surface area contributed by atoms with Crippen molar-refractivity contribution in [2.75, 3.05) is 0 Å². The van der Waals surface area contributed by atoms with Crippen LogP contribution >= 0.6 is 22.9 Å². The Hall–Kier alpha value is -1.72. The molecule has 19 heavy (non-hydrogen) atoms. The lowest BCUT2D eigenvalue weighted by molar-refractivity contribution is 0.785. The number of hydrogen-bond donors (Lipinski definition) is 0. The molecular weight excluding hydrogens is 282 g/mol. The first-order valence-electron chi connectivity index (χ1n) is 5.71. The second-order valence-corrected chi connectivity index (χ2v) is 5.85. The molecule has 3 rings (SSSR count). The molecule has 2 aromatic heterocycles. The Morgan fingerprint density at radius 3 is 2.89 bits per heavy atom. The predicted octanol–water partition coefficient (Wildman–Crippen LogP) is 2.86. The summed E-state index contributed by atoms with van der Waals surface area (Å²) in [5.41, 5.74) is 2.05. The van der Waals surface area contributed by atoms with Gasteiger partial charge in [-0.3, -0.25) is 9.36 Å². The lowest BCUT2D eigenvalue weighted by atomic mass is 10.2. The molecule has 2 heterocycles. The Morgan fingerprint density at radius 2 is 2.16 bits per heavy atom. The highest BCUT2D eigenvalue weighted by atomic mass is 35.5. The molecule has 0 atom stereocenters. The molecule has 0 fully saturated rings. The quantitative estimate of drug-likeness (QED) is 0.729. The lowest BCUT2D eigenvalue weighted by Crippen LogP contribution is -2.24. The summed E-state index contributed by atoms with van der Waals surface area (Å²) in [6.07, 6.45) is 1.70. The number of halogens is 1. The summed E-state index contributed by atoms with van der Waals surface area (Å²) in [5.74, 6) is 0. The summed E-state index contributed by atoms with van der Waals surface area (Å²) in [6, 6.07) is 7.60. The van der Waals surface area contributed by atoms with E-state index in [1.165, 1.54) is 11.3 Å². The van der Waals surface area contributed by atoms with Crippen molar-refractivity contribution in [2.24, 2.45) is 0 Å². The SMILES string of the molecule is Cc1nc2ccccc2n(Cc2cnc(Cl)s2)c1=O. The Kier molecular flexibility index (Phi) is 3.08. The molecule has 0 amide bonds. The van der Waals surface area contributed by atoms with E-state index in [0.717, 1.165) is 15.9 Å². The molecule has 0 aliphatic carbocycles. The van der Waals surface area contributed by atoms with Crippen molar-refractivity contribution in [3.05, 3.63) is 55.9 Å². The average Bonchev–Trinajstić information content (AvgIpc) is 2.80. The van der Waals surface area contributed by atoms with E-state index < -0.39 is 0 Å². The maximum atomic E-state index is 12.2. The van der Waals surface area contributed by atoms with Gasteiger partial charge >= 0.3 is 0 Å². The number of aromatic nitrogens is 3. The Bertz CT molecular complexity index is 809. The molecule has 4 nitrogen and oxygen atoms in total. The van der Waals surface area contributed by atoms with Gasteiger partial charge in [-0.25, -0.2) is 9.97 Å². The van der Waals surface area contributed by atoms with Crippen LogP contribution < -0.4 is 5.56 Å². The number of aryl methyl sites for hydroxylation is 1. The molecule has 0 bridgehead atoms. The molecule has 0 aliphatic heterocycles. The van der Waals surface area contributed by atoms with Gasteiger partial charge < -0.3 is 0 Å². The Balaban J connectivity index is 2.21. The van der Waals surface area contributed by atoms with Gasteiger partial charge in [0, 0.05) is 11.1 Å². The molecule has 0 saturated carbocycles. The molecule has 96 valence electrons. The van der Waals surface area contributed by atoms with Gasteiger partial charge in [0.05, 0.1) is 17.6 Å². The molecule has 3 aromatic rings. The van der Waals surface area contributed by atoms with Crippen LogP contribution in [0.25, 0.3) is 11.0 Å². The van der Waals surface area contributed by atoms with Crippen LogP contribution in [0.3, 0.4) is 0 Å². The normalized spacial score (nSPS) is 11.1. The van der Waals surface area contributed by atoms with E-state index in [1.807, 2.05) is 24.3 Å². The number of para-hydroxylation sites is 2. The van der Waals surface area contributed by atoms with Crippen molar-refractivity contribution in [2.45, 2.75) is 13.5 Å². The van der Waals surface area contributed by atoms with Crippen LogP contribution in [0.4, 0.5) is 0 Å². The minimum atomic E-state index is -0.0803. The first-order chi connectivity index (χ1) is 9.15. The molecule has 0 spiro atoms. The highest BCUT2D eigenvalue weighted by Gasteiger charge is 2.09. The van der Waals surface area contributed by atoms with Gasteiger partial charge in [0.15, 0.2) is 4.47 Å². The van der Waals surface area contributed by atoms with Crippen LogP contribution in [0.15, 0.2) is 35.3 Å². The Morgan fingerprint density at radius 1 is 1.37 bits per heavy atom. The fourth-order valence-corrected chi connectivity index (χ4v) is 2.96. The van der Waals surface area contributed by atoms with Gasteiger partial charge in [-0.15, -0.1) is 11.3 Å². The third-order valence-electron chi connectivity index (χ3n) is 2.85. The summed E-state index contributed by atoms with van der Waals surface area (Å²) in [5, 5.41) is 0. The summed E-state index contributed by atoms with van der Waals surface area (Å²) in [7, 11) is 0. The maximum absolute atomic E-state index is 12.2. The van der Waals surface area contributed by atoms with Gasteiger partial charge in [-0.05, 0) is 19.1 Å². The zero-order valence-electron chi connectivity index (χ0n) is 10.1. The number of hydrogen-bond acceptors (Lipinski definition) is 4. The zero-order valence-corrected chi connectivity index (χ0v) is 11.7. The van der Waals surface area contributed by atoms with E-state index in [-0.39, 0.29) is 5.56 Å². The van der Waals surface area contributed by atoms with Crippen molar-refractivity contribution >= 4 is 34.0 Å². The van der Waals surface area contributed by atoms with Crippen molar-refractivity contribution in [3.63, 3.8) is 0 Å². The number of fused-ring (bicyclic) bond motifs is 1. The fraction of sp³-hybridized carbons (Fsp3) is 0.154. The molecule has 0 saturated heterocycles. The van der Waals surface area contributed by atoms with Crippen LogP contribution in [-0.2, 0) is 6.54 Å². The van der Waals surface area contributed by atoms with Crippen LogP contribution in [0.1, 0.15) is 10.6 Å². The van der Waals surface area contributed by atoms with Crippen LogP contribution in [0.5, 0.6) is 0 Å². The second-order valence-electron chi connectivity index (χ2n) is 4.16. The number of benzene rings is 1. The van der Waals surface area contributed by atoms with Crippen LogP contribution in [-0.4, -0.2) is 14.5 Å². The monoisotopic (exact) mass is 291 g/mol. The van der Waals surface area contributed by atoms with Crippen molar-refractivity contribution < 1.29 is 0 Å². The first kappa shape index (κ1) is 12.3. The molecule has 0 radical (unpaired) electrons. The fourth-order valence-electron chi connectivity index (χ4n) is 1.99. The van der Waals surface area contributed by atoms with Gasteiger partial charge in [-0.1, -0.05) is 23.7 Å². The first-order valence-corrected chi connectivity index (χ1v) is 6.91. The summed E-state index contributed by atoms with van der Waals surface area (Å²) in [4.78, 5) is 21.5. The molecule has 0 N–H and O–H groups in total. The number of rotatable bonds is 2. The average molecular weight is 292 g/mol. The lowest BCUT2D eigenvalue weighted by Gasteiger charge is -2.09. The predicted molar refractivity (Wildman–Crippen MR) is 77.0 cm³/mol. The zero-order chi connectivity index (χ0) is 13.4. The third kappa shape index (κ3) is 2.27. The van der Waals surface area contributed by atoms with Gasteiger partial charge in [0.1, 0.15) is 5.69 Å². The maximum Gasteiger partial charge on any atom is 0.272 e. The largest absolute Gasteiger partial charge is 0.300 e. The van der Waals surface area contributed by atoms with Crippen molar-refractivity contribution in [3.8, 4) is 0 Å².